The SMILES string of the molecule is CC(CC1CCCN1C(=O)OC(C)(C)C)NC1CC=CC1. The average molecular weight is 294 g/mol. The molecule has 0 bridgehead atoms. The summed E-state index contributed by atoms with van der Waals surface area (Å²) in [5.74, 6) is 0. The molecule has 0 saturated carbocycles. The maximum Gasteiger partial charge on any atom is 0.410 e. The van der Waals surface area contributed by atoms with E-state index in [2.05, 4.69) is 24.4 Å². The van der Waals surface area contributed by atoms with Crippen LogP contribution in [0.1, 0.15) is 59.8 Å². The van der Waals surface area contributed by atoms with E-state index in [-0.39, 0.29) is 6.09 Å². The van der Waals surface area contributed by atoms with E-state index in [1.54, 1.807) is 0 Å². The van der Waals surface area contributed by atoms with Gasteiger partial charge in [-0.15, -0.1) is 0 Å². The van der Waals surface area contributed by atoms with Crippen molar-refractivity contribution < 1.29 is 9.53 Å². The topological polar surface area (TPSA) is 41.6 Å². The van der Waals surface area contributed by atoms with Crippen molar-refractivity contribution in [3.05, 3.63) is 12.2 Å². The van der Waals surface area contributed by atoms with E-state index in [0.29, 0.717) is 18.1 Å². The molecule has 1 amide bonds. The molecular weight excluding hydrogens is 264 g/mol. The van der Waals surface area contributed by atoms with Crippen molar-refractivity contribution in [3.63, 3.8) is 0 Å². The Morgan fingerprint density at radius 1 is 1.38 bits per heavy atom. The molecule has 1 aliphatic heterocycles. The second-order valence-corrected chi connectivity index (χ2v) is 7.41. The predicted molar refractivity (Wildman–Crippen MR) is 85.3 cm³/mol. The molecule has 0 aromatic heterocycles. The van der Waals surface area contributed by atoms with Gasteiger partial charge in [-0.1, -0.05) is 12.2 Å². The summed E-state index contributed by atoms with van der Waals surface area (Å²) in [6, 6.07) is 1.33. The van der Waals surface area contributed by atoms with Gasteiger partial charge in [-0.2, -0.15) is 0 Å². The molecule has 120 valence electrons. The van der Waals surface area contributed by atoms with Crippen LogP contribution in [0.25, 0.3) is 0 Å². The minimum absolute atomic E-state index is 0.153. The fourth-order valence-corrected chi connectivity index (χ4v) is 3.27. The number of carbonyl (C=O) groups excluding carboxylic acids is 1. The van der Waals surface area contributed by atoms with Crippen molar-refractivity contribution in [3.8, 4) is 0 Å². The smallest absolute Gasteiger partial charge is 0.410 e. The Morgan fingerprint density at radius 2 is 2.05 bits per heavy atom. The molecule has 2 atom stereocenters. The number of hydrogen-bond donors (Lipinski definition) is 1. The molecule has 2 aliphatic rings. The summed E-state index contributed by atoms with van der Waals surface area (Å²) in [5, 5.41) is 3.67. The van der Waals surface area contributed by atoms with E-state index in [0.717, 1.165) is 38.6 Å². The monoisotopic (exact) mass is 294 g/mol. The first-order valence-electron chi connectivity index (χ1n) is 8.26. The Labute approximate surface area is 128 Å². The molecule has 0 aromatic carbocycles. The number of carbonyl (C=O) groups is 1. The van der Waals surface area contributed by atoms with Crippen molar-refractivity contribution in [1.29, 1.82) is 0 Å². The van der Waals surface area contributed by atoms with Gasteiger partial charge >= 0.3 is 6.09 Å². The third kappa shape index (κ3) is 5.03. The first-order chi connectivity index (χ1) is 9.85. The Morgan fingerprint density at radius 3 is 2.67 bits per heavy atom. The van der Waals surface area contributed by atoms with E-state index in [1.807, 2.05) is 25.7 Å². The molecule has 1 N–H and O–H groups in total. The summed E-state index contributed by atoms with van der Waals surface area (Å²) in [5.41, 5.74) is -0.413. The van der Waals surface area contributed by atoms with E-state index < -0.39 is 5.60 Å². The molecule has 0 radical (unpaired) electrons. The van der Waals surface area contributed by atoms with Crippen LogP contribution >= 0.6 is 0 Å². The Bertz CT molecular complexity index is 379. The minimum atomic E-state index is -0.413. The third-order valence-corrected chi connectivity index (χ3v) is 4.16. The van der Waals surface area contributed by atoms with Crippen LogP contribution in [0, 0.1) is 0 Å². The van der Waals surface area contributed by atoms with Crippen LogP contribution in [-0.2, 0) is 4.74 Å². The fourth-order valence-electron chi connectivity index (χ4n) is 3.27. The summed E-state index contributed by atoms with van der Waals surface area (Å²) in [6.45, 7) is 8.83. The van der Waals surface area contributed by atoms with Gasteiger partial charge in [0.05, 0.1) is 0 Å². The van der Waals surface area contributed by atoms with Gasteiger partial charge in [0.25, 0.3) is 0 Å². The fraction of sp³-hybridized carbons (Fsp3) is 0.824. The number of nitrogens with zero attached hydrogens (tertiary/aromatic N) is 1. The molecule has 0 aromatic rings. The number of likely N-dealkylation sites (tertiary alicyclic amines) is 1. The van der Waals surface area contributed by atoms with Crippen molar-refractivity contribution in [2.24, 2.45) is 0 Å². The standard InChI is InChI=1S/C17H30N2O2/c1-13(18-14-8-5-6-9-14)12-15-10-7-11-19(15)16(20)21-17(2,3)4/h5-6,13-15,18H,7-12H2,1-4H3. The molecule has 1 fully saturated rings. The largest absolute Gasteiger partial charge is 0.444 e. The van der Waals surface area contributed by atoms with E-state index in [4.69, 9.17) is 4.74 Å². The lowest BCUT2D eigenvalue weighted by molar-refractivity contribution is 0.0214. The highest BCUT2D eigenvalue weighted by atomic mass is 16.6. The summed E-state index contributed by atoms with van der Waals surface area (Å²) >= 11 is 0. The molecule has 1 saturated heterocycles. The number of rotatable bonds is 4. The van der Waals surface area contributed by atoms with Gasteiger partial charge in [-0.05, 0) is 59.8 Å². The molecule has 2 unspecified atom stereocenters. The molecule has 4 nitrogen and oxygen atoms in total. The molecule has 4 heteroatoms. The van der Waals surface area contributed by atoms with Gasteiger partial charge < -0.3 is 15.0 Å². The number of hydrogen-bond acceptors (Lipinski definition) is 3. The quantitative estimate of drug-likeness (QED) is 0.807. The zero-order valence-electron chi connectivity index (χ0n) is 13.9. The highest BCUT2D eigenvalue weighted by Gasteiger charge is 2.33. The predicted octanol–water partition coefficient (Wildman–Crippen LogP) is 3.47. The lowest BCUT2D eigenvalue weighted by atomic mass is 10.0. The van der Waals surface area contributed by atoms with E-state index in [9.17, 15) is 4.79 Å². The van der Waals surface area contributed by atoms with Gasteiger partial charge in [-0.3, -0.25) is 0 Å². The first-order valence-corrected chi connectivity index (χ1v) is 8.26. The zero-order valence-corrected chi connectivity index (χ0v) is 13.9. The van der Waals surface area contributed by atoms with Crippen LogP contribution in [0.2, 0.25) is 0 Å². The molecule has 0 spiro atoms. The number of ether oxygens (including phenoxy) is 1. The van der Waals surface area contributed by atoms with Crippen molar-refractivity contribution in [1.82, 2.24) is 10.2 Å². The lowest BCUT2D eigenvalue weighted by Gasteiger charge is -2.30. The Hall–Kier alpha value is -1.03. The maximum absolute atomic E-state index is 12.3. The lowest BCUT2D eigenvalue weighted by Crippen LogP contribution is -2.44. The molecule has 2 rings (SSSR count). The van der Waals surface area contributed by atoms with Crippen molar-refractivity contribution in [2.45, 2.75) is 83.5 Å². The molecular formula is C17H30N2O2. The van der Waals surface area contributed by atoms with Gasteiger partial charge in [-0.25, -0.2) is 4.79 Å². The first kappa shape index (κ1) is 16.3. The van der Waals surface area contributed by atoms with Crippen LogP contribution in [0.4, 0.5) is 4.79 Å². The third-order valence-electron chi connectivity index (χ3n) is 4.16. The number of amides is 1. The van der Waals surface area contributed by atoms with Crippen LogP contribution in [-0.4, -0.2) is 41.3 Å². The van der Waals surface area contributed by atoms with Gasteiger partial charge in [0, 0.05) is 24.7 Å². The Kier molecular flexibility index (Phi) is 5.31. The van der Waals surface area contributed by atoms with Crippen molar-refractivity contribution >= 4 is 6.09 Å². The summed E-state index contributed by atoms with van der Waals surface area (Å²) < 4.78 is 5.52. The Balaban J connectivity index is 1.82. The average Bonchev–Trinajstić information content (AvgIpc) is 2.97. The van der Waals surface area contributed by atoms with Gasteiger partial charge in [0.2, 0.25) is 0 Å². The van der Waals surface area contributed by atoms with Gasteiger partial charge in [0.15, 0.2) is 0 Å². The normalized spacial score (nSPS) is 24.6. The van der Waals surface area contributed by atoms with Gasteiger partial charge in [0.1, 0.15) is 5.60 Å². The van der Waals surface area contributed by atoms with E-state index in [1.165, 1.54) is 0 Å². The maximum atomic E-state index is 12.3. The summed E-state index contributed by atoms with van der Waals surface area (Å²) in [7, 11) is 0. The highest BCUT2D eigenvalue weighted by Crippen LogP contribution is 2.24. The second-order valence-electron chi connectivity index (χ2n) is 7.41. The van der Waals surface area contributed by atoms with Crippen molar-refractivity contribution in [2.75, 3.05) is 6.54 Å². The van der Waals surface area contributed by atoms with Crippen LogP contribution in [0.15, 0.2) is 12.2 Å². The molecule has 21 heavy (non-hydrogen) atoms. The second kappa shape index (κ2) is 6.82. The van der Waals surface area contributed by atoms with Crippen LogP contribution in [0.3, 0.4) is 0 Å². The van der Waals surface area contributed by atoms with E-state index >= 15 is 0 Å². The summed E-state index contributed by atoms with van der Waals surface area (Å²) in [4.78, 5) is 14.2. The van der Waals surface area contributed by atoms with Crippen LogP contribution < -0.4 is 5.32 Å². The minimum Gasteiger partial charge on any atom is -0.444 e. The number of nitrogens with one attached hydrogen (secondary N) is 1. The molecule has 1 aliphatic carbocycles. The van der Waals surface area contributed by atoms with Crippen LogP contribution in [0.5, 0.6) is 0 Å². The summed E-state index contributed by atoms with van der Waals surface area (Å²) in [6.07, 6.45) is 9.78. The highest BCUT2D eigenvalue weighted by molar-refractivity contribution is 5.68. The molecule has 1 heterocycles. The zero-order chi connectivity index (χ0) is 15.5.